The SMILES string of the molecule is Cc1cc(C(=O)N(C)CC2CCCC2O)cc(C)c1OC(F)F. The number of benzene rings is 1. The molecule has 2 atom stereocenters. The molecule has 1 aliphatic carbocycles. The molecule has 0 aliphatic heterocycles. The van der Waals surface area contributed by atoms with E-state index in [1.165, 1.54) is 0 Å². The van der Waals surface area contributed by atoms with Gasteiger partial charge in [0.05, 0.1) is 6.10 Å². The quantitative estimate of drug-likeness (QED) is 0.904. The Morgan fingerprint density at radius 1 is 1.35 bits per heavy atom. The van der Waals surface area contributed by atoms with Gasteiger partial charge in [0.1, 0.15) is 5.75 Å². The summed E-state index contributed by atoms with van der Waals surface area (Å²) in [6, 6.07) is 3.13. The smallest absolute Gasteiger partial charge is 0.387 e. The maximum Gasteiger partial charge on any atom is 0.387 e. The first-order valence-corrected chi connectivity index (χ1v) is 7.79. The average Bonchev–Trinajstić information content (AvgIpc) is 2.87. The maximum atomic E-state index is 12.5. The van der Waals surface area contributed by atoms with Crippen molar-refractivity contribution in [1.82, 2.24) is 4.90 Å². The van der Waals surface area contributed by atoms with E-state index in [0.717, 1.165) is 19.3 Å². The van der Waals surface area contributed by atoms with E-state index in [1.807, 2.05) is 0 Å². The van der Waals surface area contributed by atoms with Gasteiger partial charge in [0.15, 0.2) is 0 Å². The van der Waals surface area contributed by atoms with Crippen molar-refractivity contribution in [1.29, 1.82) is 0 Å². The molecule has 0 saturated heterocycles. The first-order valence-electron chi connectivity index (χ1n) is 7.79. The Kier molecular flexibility index (Phi) is 5.57. The Morgan fingerprint density at radius 3 is 2.43 bits per heavy atom. The lowest BCUT2D eigenvalue weighted by molar-refractivity contribution is -0.0507. The van der Waals surface area contributed by atoms with Crippen LogP contribution in [0.15, 0.2) is 12.1 Å². The summed E-state index contributed by atoms with van der Waals surface area (Å²) in [6.07, 6.45) is 2.32. The number of aliphatic hydroxyl groups excluding tert-OH is 1. The van der Waals surface area contributed by atoms with Gasteiger partial charge in [-0.05, 0) is 49.9 Å². The van der Waals surface area contributed by atoms with Crippen LogP contribution >= 0.6 is 0 Å². The number of hydrogen-bond acceptors (Lipinski definition) is 3. The van der Waals surface area contributed by atoms with E-state index in [4.69, 9.17) is 0 Å². The molecular weight excluding hydrogens is 304 g/mol. The van der Waals surface area contributed by atoms with Crippen LogP contribution in [0.3, 0.4) is 0 Å². The lowest BCUT2D eigenvalue weighted by atomic mass is 10.0. The molecule has 0 radical (unpaired) electrons. The van der Waals surface area contributed by atoms with Crippen molar-refractivity contribution < 1.29 is 23.4 Å². The number of halogens is 2. The first kappa shape index (κ1) is 17.7. The molecule has 4 nitrogen and oxygen atoms in total. The standard InChI is InChI=1S/C17H23F2NO3/c1-10-7-13(8-11(2)15(10)23-17(18)19)16(22)20(3)9-12-5-4-6-14(12)21/h7-8,12,14,17,21H,4-6,9H2,1-3H3. The van der Waals surface area contributed by atoms with Gasteiger partial charge in [0, 0.05) is 25.1 Å². The highest BCUT2D eigenvalue weighted by atomic mass is 19.3. The monoisotopic (exact) mass is 327 g/mol. The predicted octanol–water partition coefficient (Wildman–Crippen LogP) is 3.14. The highest BCUT2D eigenvalue weighted by Gasteiger charge is 2.28. The molecule has 0 spiro atoms. The molecule has 23 heavy (non-hydrogen) atoms. The predicted molar refractivity (Wildman–Crippen MR) is 82.9 cm³/mol. The minimum Gasteiger partial charge on any atom is -0.434 e. The summed E-state index contributed by atoms with van der Waals surface area (Å²) in [6.45, 7) is 0.887. The molecule has 2 unspecified atom stereocenters. The van der Waals surface area contributed by atoms with Crippen LogP contribution in [0.25, 0.3) is 0 Å². The number of hydrogen-bond donors (Lipinski definition) is 1. The minimum atomic E-state index is -2.89. The van der Waals surface area contributed by atoms with E-state index in [1.54, 1.807) is 37.9 Å². The molecule has 6 heteroatoms. The minimum absolute atomic E-state index is 0.104. The van der Waals surface area contributed by atoms with E-state index in [2.05, 4.69) is 4.74 Å². The largest absolute Gasteiger partial charge is 0.434 e. The van der Waals surface area contributed by atoms with Crippen molar-refractivity contribution >= 4 is 5.91 Å². The number of aryl methyl sites for hydroxylation is 2. The van der Waals surface area contributed by atoms with Gasteiger partial charge < -0.3 is 14.7 Å². The zero-order valence-electron chi connectivity index (χ0n) is 13.7. The number of nitrogens with zero attached hydrogens (tertiary/aromatic N) is 1. The summed E-state index contributed by atoms with van der Waals surface area (Å²) in [7, 11) is 1.70. The third kappa shape index (κ3) is 4.19. The summed E-state index contributed by atoms with van der Waals surface area (Å²) in [5.74, 6) is 0.0388. The van der Waals surface area contributed by atoms with Gasteiger partial charge in [-0.2, -0.15) is 8.78 Å². The maximum absolute atomic E-state index is 12.5. The average molecular weight is 327 g/mol. The van der Waals surface area contributed by atoms with Crippen molar-refractivity contribution in [3.05, 3.63) is 28.8 Å². The normalized spacial score (nSPS) is 20.8. The second-order valence-corrected chi connectivity index (χ2v) is 6.26. The Bertz CT molecular complexity index is 554. The topological polar surface area (TPSA) is 49.8 Å². The number of alkyl halides is 2. The number of rotatable bonds is 5. The van der Waals surface area contributed by atoms with E-state index in [9.17, 15) is 18.7 Å². The third-order valence-corrected chi connectivity index (χ3v) is 4.39. The Morgan fingerprint density at radius 2 is 1.96 bits per heavy atom. The van der Waals surface area contributed by atoms with Crippen molar-refractivity contribution in [3.63, 3.8) is 0 Å². The highest BCUT2D eigenvalue weighted by molar-refractivity contribution is 5.94. The zero-order valence-corrected chi connectivity index (χ0v) is 13.7. The lowest BCUT2D eigenvalue weighted by Crippen LogP contribution is -2.34. The van der Waals surface area contributed by atoms with Crippen LogP contribution in [-0.2, 0) is 0 Å². The second-order valence-electron chi connectivity index (χ2n) is 6.26. The summed E-state index contributed by atoms with van der Waals surface area (Å²) < 4.78 is 29.3. The van der Waals surface area contributed by atoms with Gasteiger partial charge in [-0.15, -0.1) is 0 Å². The van der Waals surface area contributed by atoms with E-state index < -0.39 is 6.61 Å². The summed E-state index contributed by atoms with van der Waals surface area (Å²) in [5, 5.41) is 9.87. The van der Waals surface area contributed by atoms with Crippen molar-refractivity contribution in [3.8, 4) is 5.75 Å². The van der Waals surface area contributed by atoms with Gasteiger partial charge in [-0.3, -0.25) is 4.79 Å². The molecule has 1 aromatic carbocycles. The van der Waals surface area contributed by atoms with E-state index >= 15 is 0 Å². The molecule has 1 N–H and O–H groups in total. The van der Waals surface area contributed by atoms with Gasteiger partial charge in [-0.25, -0.2) is 0 Å². The number of amides is 1. The van der Waals surface area contributed by atoms with Gasteiger partial charge >= 0.3 is 6.61 Å². The van der Waals surface area contributed by atoms with Crippen LogP contribution in [-0.4, -0.2) is 42.2 Å². The van der Waals surface area contributed by atoms with Crippen molar-refractivity contribution in [2.45, 2.75) is 45.8 Å². The van der Waals surface area contributed by atoms with Gasteiger partial charge in [0.25, 0.3) is 5.91 Å². The molecule has 1 aliphatic rings. The summed E-state index contributed by atoms with van der Waals surface area (Å²) in [5.41, 5.74) is 1.45. The number of carbonyl (C=O) groups is 1. The summed E-state index contributed by atoms with van der Waals surface area (Å²) >= 11 is 0. The Hall–Kier alpha value is -1.69. The molecule has 0 bridgehead atoms. The number of aliphatic hydroxyl groups is 1. The first-order chi connectivity index (χ1) is 10.8. The fourth-order valence-corrected chi connectivity index (χ4v) is 3.23. The van der Waals surface area contributed by atoms with Crippen LogP contribution in [0.1, 0.15) is 40.7 Å². The fourth-order valence-electron chi connectivity index (χ4n) is 3.23. The highest BCUT2D eigenvalue weighted by Crippen LogP contribution is 2.28. The number of ether oxygens (including phenoxy) is 1. The molecule has 1 saturated carbocycles. The molecule has 1 aromatic rings. The van der Waals surface area contributed by atoms with Crippen molar-refractivity contribution in [2.75, 3.05) is 13.6 Å². The van der Waals surface area contributed by atoms with Crippen LogP contribution in [0.2, 0.25) is 0 Å². The van der Waals surface area contributed by atoms with Crippen LogP contribution in [0, 0.1) is 19.8 Å². The third-order valence-electron chi connectivity index (χ3n) is 4.39. The molecule has 0 aromatic heterocycles. The van der Waals surface area contributed by atoms with Crippen LogP contribution < -0.4 is 4.74 Å². The molecule has 1 fully saturated rings. The lowest BCUT2D eigenvalue weighted by Gasteiger charge is -2.24. The molecule has 0 heterocycles. The Balaban J connectivity index is 2.12. The fraction of sp³-hybridized carbons (Fsp3) is 0.588. The van der Waals surface area contributed by atoms with Crippen molar-refractivity contribution in [2.24, 2.45) is 5.92 Å². The zero-order chi connectivity index (χ0) is 17.1. The van der Waals surface area contributed by atoms with Gasteiger partial charge in [0.2, 0.25) is 0 Å². The Labute approximate surface area is 135 Å². The molecule has 128 valence electrons. The number of carbonyl (C=O) groups excluding carboxylic acids is 1. The molecular formula is C17H23F2NO3. The second kappa shape index (κ2) is 7.25. The van der Waals surface area contributed by atoms with E-state index in [-0.39, 0.29) is 23.7 Å². The van der Waals surface area contributed by atoms with Crippen LogP contribution in [0.4, 0.5) is 8.78 Å². The summed E-state index contributed by atoms with van der Waals surface area (Å²) in [4.78, 5) is 14.1. The molecule has 2 rings (SSSR count). The van der Waals surface area contributed by atoms with Gasteiger partial charge in [-0.1, -0.05) is 6.42 Å². The van der Waals surface area contributed by atoms with Crippen LogP contribution in [0.5, 0.6) is 5.75 Å². The molecule has 1 amide bonds. The van der Waals surface area contributed by atoms with E-state index in [0.29, 0.717) is 23.2 Å².